The molecule has 0 aliphatic heterocycles. The molecule has 0 aliphatic rings. The predicted molar refractivity (Wildman–Crippen MR) is 38.5 cm³/mol. The van der Waals surface area contributed by atoms with Crippen molar-refractivity contribution in [1.29, 1.82) is 0 Å². The lowest BCUT2D eigenvalue weighted by Gasteiger charge is -1.97. The average molecular weight is 173 g/mol. The molecule has 1 rings (SSSR count). The largest absolute Gasteiger partial charge is 0.619 e. The fraction of sp³-hybridized carbons (Fsp3) is 0.167. The van der Waals surface area contributed by atoms with E-state index in [1.54, 1.807) is 0 Å². The second-order valence-corrected chi connectivity index (χ2v) is 4.19. The molecule has 0 radical (unpaired) electrons. The van der Waals surface area contributed by atoms with Crippen LogP contribution in [0, 0.1) is 5.21 Å². The Balaban J connectivity index is 3.28. The maximum atomic E-state index is 10.8. The number of hydrogen-bond donors (Lipinski definition) is 0. The van der Waals surface area contributed by atoms with Crippen LogP contribution in [0.1, 0.15) is 0 Å². The van der Waals surface area contributed by atoms with Gasteiger partial charge in [-0.15, -0.1) is 0 Å². The molecule has 0 aromatic carbocycles. The molecule has 0 saturated heterocycles. The van der Waals surface area contributed by atoms with Crippen molar-refractivity contribution in [3.63, 3.8) is 0 Å². The third-order valence-corrected chi connectivity index (χ3v) is 2.27. The molecular weight excluding hydrogens is 166 g/mol. The second kappa shape index (κ2) is 2.50. The highest BCUT2D eigenvalue weighted by Crippen LogP contribution is 2.02. The Bertz CT molecular complexity index is 358. The standard InChI is InChI=1S/C6H7NO3S/c1-11(9,10)6-3-2-4-7(8)5-6/h2-5H,1H3. The summed E-state index contributed by atoms with van der Waals surface area (Å²) in [6.45, 7) is 0. The van der Waals surface area contributed by atoms with Crippen LogP contribution in [0.3, 0.4) is 0 Å². The van der Waals surface area contributed by atoms with E-state index in [-0.39, 0.29) is 4.90 Å². The molecule has 0 saturated carbocycles. The molecule has 11 heavy (non-hydrogen) atoms. The molecular formula is C6H7NO3S. The van der Waals surface area contributed by atoms with Gasteiger partial charge in [-0.3, -0.25) is 0 Å². The lowest BCUT2D eigenvalue weighted by atomic mass is 10.5. The number of pyridine rings is 1. The van der Waals surface area contributed by atoms with Gasteiger partial charge in [0, 0.05) is 12.3 Å². The van der Waals surface area contributed by atoms with Gasteiger partial charge in [-0.25, -0.2) is 8.42 Å². The summed E-state index contributed by atoms with van der Waals surface area (Å²) in [6.07, 6.45) is 3.31. The van der Waals surface area contributed by atoms with Crippen LogP contribution in [-0.2, 0) is 9.84 Å². The summed E-state index contributed by atoms with van der Waals surface area (Å²) in [5.41, 5.74) is 0. The molecule has 1 heterocycles. The summed E-state index contributed by atoms with van der Waals surface area (Å²) in [5, 5.41) is 10.6. The molecule has 1 aromatic heterocycles. The molecule has 0 spiro atoms. The number of aromatic nitrogens is 1. The monoisotopic (exact) mass is 173 g/mol. The van der Waals surface area contributed by atoms with Crippen molar-refractivity contribution < 1.29 is 13.1 Å². The topological polar surface area (TPSA) is 61.1 Å². The van der Waals surface area contributed by atoms with Gasteiger partial charge in [0.15, 0.2) is 22.2 Å². The van der Waals surface area contributed by atoms with Crippen molar-refractivity contribution in [3.8, 4) is 0 Å². The Morgan fingerprint density at radius 2 is 2.18 bits per heavy atom. The van der Waals surface area contributed by atoms with E-state index in [0.29, 0.717) is 4.73 Å². The van der Waals surface area contributed by atoms with Crippen LogP contribution in [-0.4, -0.2) is 14.7 Å². The van der Waals surface area contributed by atoms with Gasteiger partial charge in [0.1, 0.15) is 4.90 Å². The SMILES string of the molecule is CS(=O)(=O)c1ccc[n+]([O-])c1. The van der Waals surface area contributed by atoms with Crippen LogP contribution >= 0.6 is 0 Å². The van der Waals surface area contributed by atoms with E-state index in [4.69, 9.17) is 0 Å². The first kappa shape index (κ1) is 8.00. The number of hydrogen-bond acceptors (Lipinski definition) is 3. The Morgan fingerprint density at radius 1 is 1.55 bits per heavy atom. The zero-order valence-corrected chi connectivity index (χ0v) is 6.71. The molecule has 0 fully saturated rings. The minimum absolute atomic E-state index is 0.0370. The van der Waals surface area contributed by atoms with Crippen molar-refractivity contribution in [2.45, 2.75) is 4.90 Å². The van der Waals surface area contributed by atoms with Crippen LogP contribution in [0.5, 0.6) is 0 Å². The van der Waals surface area contributed by atoms with Crippen LogP contribution in [0.25, 0.3) is 0 Å². The summed E-state index contributed by atoms with van der Waals surface area (Å²) < 4.78 is 22.1. The highest BCUT2D eigenvalue weighted by atomic mass is 32.2. The molecule has 0 amide bonds. The van der Waals surface area contributed by atoms with Crippen molar-refractivity contribution in [3.05, 3.63) is 29.7 Å². The maximum absolute atomic E-state index is 10.8. The lowest BCUT2D eigenvalue weighted by Crippen LogP contribution is -2.25. The Labute approximate surface area is 64.6 Å². The van der Waals surface area contributed by atoms with E-state index in [1.165, 1.54) is 18.3 Å². The second-order valence-electron chi connectivity index (χ2n) is 2.17. The third kappa shape index (κ3) is 1.91. The Morgan fingerprint density at radius 3 is 2.55 bits per heavy atom. The zero-order chi connectivity index (χ0) is 8.48. The minimum Gasteiger partial charge on any atom is -0.619 e. The van der Waals surface area contributed by atoms with Gasteiger partial charge in [0.2, 0.25) is 0 Å². The van der Waals surface area contributed by atoms with Gasteiger partial charge in [-0.1, -0.05) is 0 Å². The van der Waals surface area contributed by atoms with Crippen LogP contribution in [0.15, 0.2) is 29.4 Å². The predicted octanol–water partition coefficient (Wildman–Crippen LogP) is -0.276. The van der Waals surface area contributed by atoms with Gasteiger partial charge in [-0.2, -0.15) is 4.73 Å². The first-order chi connectivity index (χ1) is 5.00. The van der Waals surface area contributed by atoms with Crippen molar-refractivity contribution in [2.24, 2.45) is 0 Å². The van der Waals surface area contributed by atoms with Crippen LogP contribution < -0.4 is 4.73 Å². The summed E-state index contributed by atoms with van der Waals surface area (Å²) in [7, 11) is -3.25. The van der Waals surface area contributed by atoms with Gasteiger partial charge in [0.05, 0.1) is 0 Å². The van der Waals surface area contributed by atoms with Crippen molar-refractivity contribution >= 4 is 9.84 Å². The van der Waals surface area contributed by atoms with Gasteiger partial charge < -0.3 is 5.21 Å². The van der Waals surface area contributed by atoms with E-state index >= 15 is 0 Å². The number of nitrogens with zero attached hydrogens (tertiary/aromatic N) is 1. The summed E-state index contributed by atoms with van der Waals surface area (Å²) >= 11 is 0. The maximum Gasteiger partial charge on any atom is 0.199 e. The minimum atomic E-state index is -3.25. The van der Waals surface area contributed by atoms with Crippen LogP contribution in [0.2, 0.25) is 0 Å². The Hall–Kier alpha value is -1.10. The molecule has 0 bridgehead atoms. The highest BCUT2D eigenvalue weighted by molar-refractivity contribution is 7.90. The molecule has 0 N–H and O–H groups in total. The number of sulfone groups is 1. The van der Waals surface area contributed by atoms with Gasteiger partial charge >= 0.3 is 0 Å². The zero-order valence-electron chi connectivity index (χ0n) is 5.89. The first-order valence-electron chi connectivity index (χ1n) is 2.89. The lowest BCUT2D eigenvalue weighted by molar-refractivity contribution is -0.607. The summed E-state index contributed by atoms with van der Waals surface area (Å²) in [6, 6.07) is 2.77. The molecule has 0 atom stereocenters. The first-order valence-corrected chi connectivity index (χ1v) is 4.78. The van der Waals surface area contributed by atoms with E-state index in [0.717, 1.165) is 12.5 Å². The third-order valence-electron chi connectivity index (χ3n) is 1.18. The Kier molecular flexibility index (Phi) is 1.82. The van der Waals surface area contributed by atoms with Gasteiger partial charge in [0.25, 0.3) is 0 Å². The smallest absolute Gasteiger partial charge is 0.199 e. The normalized spacial score (nSPS) is 11.4. The van der Waals surface area contributed by atoms with E-state index in [9.17, 15) is 13.6 Å². The quantitative estimate of drug-likeness (QED) is 0.433. The molecule has 1 aromatic rings. The number of rotatable bonds is 1. The average Bonchev–Trinajstić information content (AvgIpc) is 1.86. The van der Waals surface area contributed by atoms with E-state index in [2.05, 4.69) is 0 Å². The fourth-order valence-corrected chi connectivity index (χ4v) is 1.27. The molecule has 0 aliphatic carbocycles. The molecule has 5 heteroatoms. The van der Waals surface area contributed by atoms with E-state index < -0.39 is 9.84 Å². The van der Waals surface area contributed by atoms with Crippen molar-refractivity contribution in [2.75, 3.05) is 6.26 Å². The molecule has 0 unspecified atom stereocenters. The molecule has 4 nitrogen and oxygen atoms in total. The van der Waals surface area contributed by atoms with Crippen molar-refractivity contribution in [1.82, 2.24) is 0 Å². The van der Waals surface area contributed by atoms with E-state index in [1.807, 2.05) is 0 Å². The fourth-order valence-electron chi connectivity index (χ4n) is 0.654. The molecule has 60 valence electrons. The van der Waals surface area contributed by atoms with Crippen LogP contribution in [0.4, 0.5) is 0 Å². The highest BCUT2D eigenvalue weighted by Gasteiger charge is 2.08. The summed E-state index contributed by atoms with van der Waals surface area (Å²) in [5.74, 6) is 0. The van der Waals surface area contributed by atoms with Gasteiger partial charge in [-0.05, 0) is 6.07 Å². The summed E-state index contributed by atoms with van der Waals surface area (Å²) in [4.78, 5) is 0.0370.